The van der Waals surface area contributed by atoms with Crippen molar-refractivity contribution in [3.63, 3.8) is 0 Å². The van der Waals surface area contributed by atoms with Crippen LogP contribution in [0.4, 0.5) is 5.82 Å². The molecule has 0 radical (unpaired) electrons. The summed E-state index contributed by atoms with van der Waals surface area (Å²) in [6.07, 6.45) is 5.01. The highest BCUT2D eigenvalue weighted by Crippen LogP contribution is 2.19. The Hall–Kier alpha value is -1.66. The van der Waals surface area contributed by atoms with Crippen molar-refractivity contribution in [1.82, 2.24) is 14.8 Å². The lowest BCUT2D eigenvalue weighted by atomic mass is 10.1. The van der Waals surface area contributed by atoms with Gasteiger partial charge in [-0.05, 0) is 38.4 Å². The van der Waals surface area contributed by atoms with Gasteiger partial charge in [-0.15, -0.1) is 0 Å². The number of pyridine rings is 1. The lowest BCUT2D eigenvalue weighted by Crippen LogP contribution is -2.45. The van der Waals surface area contributed by atoms with Crippen LogP contribution in [-0.2, 0) is 4.74 Å². The molecule has 1 aromatic heterocycles. The molecule has 0 N–H and O–H groups in total. The minimum absolute atomic E-state index is 0.0996. The summed E-state index contributed by atoms with van der Waals surface area (Å²) in [7, 11) is 2.14. The molecule has 25 heavy (non-hydrogen) atoms. The Kier molecular flexibility index (Phi) is 6.26. The van der Waals surface area contributed by atoms with E-state index in [1.807, 2.05) is 17.0 Å². The number of hydrogen-bond donors (Lipinski definition) is 0. The van der Waals surface area contributed by atoms with Gasteiger partial charge < -0.3 is 19.4 Å². The van der Waals surface area contributed by atoms with E-state index in [0.717, 1.165) is 70.0 Å². The van der Waals surface area contributed by atoms with Crippen molar-refractivity contribution in [2.75, 3.05) is 57.8 Å². The number of rotatable bonds is 5. The van der Waals surface area contributed by atoms with Crippen molar-refractivity contribution in [3.8, 4) is 0 Å². The third-order valence-corrected chi connectivity index (χ3v) is 5.04. The third-order valence-electron chi connectivity index (χ3n) is 5.04. The van der Waals surface area contributed by atoms with E-state index >= 15 is 0 Å². The molecule has 2 aliphatic heterocycles. The topological polar surface area (TPSA) is 48.9 Å². The van der Waals surface area contributed by atoms with E-state index in [-0.39, 0.29) is 12.0 Å². The zero-order valence-corrected chi connectivity index (χ0v) is 15.5. The molecule has 0 aromatic carbocycles. The molecule has 3 heterocycles. The van der Waals surface area contributed by atoms with Gasteiger partial charge in [-0.3, -0.25) is 4.79 Å². The van der Waals surface area contributed by atoms with Crippen LogP contribution in [0.2, 0.25) is 0 Å². The van der Waals surface area contributed by atoms with Crippen LogP contribution in [0.5, 0.6) is 0 Å². The fourth-order valence-electron chi connectivity index (χ4n) is 3.49. The fraction of sp³-hybridized carbons (Fsp3) is 0.684. The maximum Gasteiger partial charge on any atom is 0.254 e. The minimum Gasteiger partial charge on any atom is -0.376 e. The molecular weight excluding hydrogens is 316 g/mol. The van der Waals surface area contributed by atoms with Gasteiger partial charge in [0.05, 0.1) is 6.10 Å². The Morgan fingerprint density at radius 2 is 2.08 bits per heavy atom. The average Bonchev–Trinajstić information content (AvgIpc) is 2.66. The van der Waals surface area contributed by atoms with Crippen LogP contribution >= 0.6 is 0 Å². The number of aromatic nitrogens is 1. The smallest absolute Gasteiger partial charge is 0.254 e. The minimum atomic E-state index is 0.0996. The molecule has 1 unspecified atom stereocenters. The van der Waals surface area contributed by atoms with E-state index in [4.69, 9.17) is 4.74 Å². The Morgan fingerprint density at radius 3 is 2.84 bits per heavy atom. The Balaban J connectivity index is 1.64. The second-order valence-electron chi connectivity index (χ2n) is 7.08. The molecule has 3 rings (SSSR count). The normalized spacial score (nSPS) is 22.2. The van der Waals surface area contributed by atoms with Gasteiger partial charge in [-0.1, -0.05) is 6.92 Å². The first kappa shape index (κ1) is 18.1. The van der Waals surface area contributed by atoms with Gasteiger partial charge in [0.25, 0.3) is 5.91 Å². The van der Waals surface area contributed by atoms with Crippen molar-refractivity contribution >= 4 is 11.7 Å². The number of likely N-dealkylation sites (tertiary alicyclic amines) is 1. The number of amides is 1. The van der Waals surface area contributed by atoms with E-state index in [2.05, 4.69) is 28.8 Å². The van der Waals surface area contributed by atoms with Crippen LogP contribution in [0.3, 0.4) is 0 Å². The SMILES string of the molecule is CCCOC1CCCN(C(=O)c2ccnc(N3CCN(C)CC3)c2)C1. The van der Waals surface area contributed by atoms with E-state index in [1.165, 1.54) is 0 Å². The van der Waals surface area contributed by atoms with E-state index < -0.39 is 0 Å². The van der Waals surface area contributed by atoms with Crippen molar-refractivity contribution in [3.05, 3.63) is 23.9 Å². The highest BCUT2D eigenvalue weighted by molar-refractivity contribution is 5.95. The van der Waals surface area contributed by atoms with Crippen molar-refractivity contribution < 1.29 is 9.53 Å². The largest absolute Gasteiger partial charge is 0.376 e. The van der Waals surface area contributed by atoms with Gasteiger partial charge >= 0.3 is 0 Å². The summed E-state index contributed by atoms with van der Waals surface area (Å²) in [4.78, 5) is 23.9. The standard InChI is InChI=1S/C19H30N4O2/c1-3-13-25-17-5-4-8-23(15-17)19(24)16-6-7-20-18(14-16)22-11-9-21(2)10-12-22/h6-7,14,17H,3-5,8-13,15H2,1-2H3. The fourth-order valence-corrected chi connectivity index (χ4v) is 3.49. The highest BCUT2D eigenvalue weighted by Gasteiger charge is 2.25. The highest BCUT2D eigenvalue weighted by atomic mass is 16.5. The van der Waals surface area contributed by atoms with Crippen LogP contribution in [-0.4, -0.2) is 79.7 Å². The lowest BCUT2D eigenvalue weighted by Gasteiger charge is -2.34. The number of ether oxygens (including phenoxy) is 1. The number of anilines is 1. The van der Waals surface area contributed by atoms with Gasteiger partial charge in [-0.2, -0.15) is 0 Å². The molecular formula is C19H30N4O2. The van der Waals surface area contributed by atoms with Crippen LogP contribution < -0.4 is 4.90 Å². The van der Waals surface area contributed by atoms with Crippen molar-refractivity contribution in [2.24, 2.45) is 0 Å². The first-order chi connectivity index (χ1) is 12.2. The van der Waals surface area contributed by atoms with E-state index in [9.17, 15) is 4.79 Å². The predicted octanol–water partition coefficient (Wildman–Crippen LogP) is 1.86. The number of likely N-dealkylation sites (N-methyl/N-ethyl adjacent to an activating group) is 1. The van der Waals surface area contributed by atoms with Crippen LogP contribution in [0.25, 0.3) is 0 Å². The zero-order chi connectivity index (χ0) is 17.6. The van der Waals surface area contributed by atoms with Crippen molar-refractivity contribution in [2.45, 2.75) is 32.3 Å². The molecule has 0 bridgehead atoms. The molecule has 1 amide bonds. The number of piperidine rings is 1. The first-order valence-corrected chi connectivity index (χ1v) is 9.48. The summed E-state index contributed by atoms with van der Waals surface area (Å²) in [5.41, 5.74) is 0.736. The van der Waals surface area contributed by atoms with Crippen LogP contribution in [0.15, 0.2) is 18.3 Å². The molecule has 6 heteroatoms. The maximum absolute atomic E-state index is 12.9. The second-order valence-corrected chi connectivity index (χ2v) is 7.08. The molecule has 0 saturated carbocycles. The molecule has 138 valence electrons. The number of carbonyl (C=O) groups is 1. The summed E-state index contributed by atoms with van der Waals surface area (Å²) in [6, 6.07) is 3.78. The molecule has 0 aliphatic carbocycles. The summed E-state index contributed by atoms with van der Waals surface area (Å²) in [5, 5.41) is 0. The molecule has 2 aliphatic rings. The van der Waals surface area contributed by atoms with Gasteiger partial charge in [-0.25, -0.2) is 4.98 Å². The van der Waals surface area contributed by atoms with Crippen LogP contribution in [0.1, 0.15) is 36.5 Å². The number of nitrogens with zero attached hydrogens (tertiary/aromatic N) is 4. The molecule has 1 atom stereocenters. The van der Waals surface area contributed by atoms with Gasteiger partial charge in [0, 0.05) is 57.6 Å². The van der Waals surface area contributed by atoms with E-state index in [0.29, 0.717) is 6.54 Å². The monoisotopic (exact) mass is 346 g/mol. The summed E-state index contributed by atoms with van der Waals surface area (Å²) in [6.45, 7) is 8.38. The number of carbonyl (C=O) groups excluding carboxylic acids is 1. The molecule has 2 fully saturated rings. The summed E-state index contributed by atoms with van der Waals surface area (Å²) >= 11 is 0. The quantitative estimate of drug-likeness (QED) is 0.815. The predicted molar refractivity (Wildman–Crippen MR) is 99.1 cm³/mol. The van der Waals surface area contributed by atoms with Gasteiger partial charge in [0.2, 0.25) is 0 Å². The van der Waals surface area contributed by atoms with Gasteiger partial charge in [0.15, 0.2) is 0 Å². The number of hydrogen-bond acceptors (Lipinski definition) is 5. The molecule has 2 saturated heterocycles. The summed E-state index contributed by atoms with van der Waals surface area (Å²) < 4.78 is 5.86. The summed E-state index contributed by atoms with van der Waals surface area (Å²) in [5.74, 6) is 1.01. The Morgan fingerprint density at radius 1 is 1.28 bits per heavy atom. The van der Waals surface area contributed by atoms with Crippen LogP contribution in [0, 0.1) is 0 Å². The number of piperazine rings is 1. The van der Waals surface area contributed by atoms with Crippen molar-refractivity contribution in [1.29, 1.82) is 0 Å². The maximum atomic E-state index is 12.9. The van der Waals surface area contributed by atoms with E-state index in [1.54, 1.807) is 6.20 Å². The third kappa shape index (κ3) is 4.70. The lowest BCUT2D eigenvalue weighted by molar-refractivity contribution is 0.00211. The Bertz CT molecular complexity index is 572. The Labute approximate surface area is 150 Å². The molecule has 6 nitrogen and oxygen atoms in total. The second kappa shape index (κ2) is 8.63. The molecule has 0 spiro atoms. The van der Waals surface area contributed by atoms with Gasteiger partial charge in [0.1, 0.15) is 5.82 Å². The zero-order valence-electron chi connectivity index (χ0n) is 15.5. The molecule has 1 aromatic rings. The average molecular weight is 346 g/mol. The first-order valence-electron chi connectivity index (χ1n) is 9.48.